The number of Topliss-reactive ketones (excluding diaryl/α,β-unsaturated/α-hetero) is 1. The van der Waals surface area contributed by atoms with Crippen LogP contribution in [0.1, 0.15) is 30.1 Å². The molecular weight excluding hydrogens is 374 g/mol. The molecule has 27 heavy (non-hydrogen) atoms. The molecule has 2 N–H and O–H groups in total. The molecule has 0 heterocycles. The fourth-order valence-electron chi connectivity index (χ4n) is 2.10. The Hall–Kier alpha value is -2.55. The molecule has 0 saturated carbocycles. The number of carbonyl (C=O) groups excluding carboxylic acids is 3. The number of ether oxygens (including phenoxy) is 2. The zero-order chi connectivity index (χ0) is 20.2. The number of carbonyl (C=O) groups is 4. The van der Waals surface area contributed by atoms with E-state index in [-0.39, 0.29) is 37.0 Å². The van der Waals surface area contributed by atoms with Crippen LogP contribution in [0, 0.1) is 5.92 Å². The number of rotatable bonds is 12. The van der Waals surface area contributed by atoms with Crippen LogP contribution in [0.25, 0.3) is 0 Å². The number of thioether (sulfide) groups is 1. The van der Waals surface area contributed by atoms with Crippen LogP contribution >= 0.6 is 11.8 Å². The fraction of sp³-hybridized carbons (Fsp3) is 0.444. The Morgan fingerprint density at radius 3 is 2.41 bits per heavy atom. The summed E-state index contributed by atoms with van der Waals surface area (Å²) in [5, 5.41) is 11.4. The molecule has 0 aliphatic carbocycles. The van der Waals surface area contributed by atoms with Crippen LogP contribution in [-0.4, -0.2) is 54.1 Å². The average molecular weight is 397 g/mol. The first-order chi connectivity index (χ1) is 12.8. The predicted molar refractivity (Wildman–Crippen MR) is 99.8 cm³/mol. The summed E-state index contributed by atoms with van der Waals surface area (Å²) in [5.41, 5.74) is 0.414. The van der Waals surface area contributed by atoms with Gasteiger partial charge in [0.15, 0.2) is 12.5 Å². The largest absolute Gasteiger partial charge is 0.497 e. The van der Waals surface area contributed by atoms with Gasteiger partial charge in [-0.05, 0) is 24.3 Å². The van der Waals surface area contributed by atoms with Gasteiger partial charge >= 0.3 is 11.9 Å². The molecule has 9 heteroatoms. The van der Waals surface area contributed by atoms with Crippen molar-refractivity contribution in [1.82, 2.24) is 5.32 Å². The molecule has 0 bridgehead atoms. The maximum atomic E-state index is 12.6. The van der Waals surface area contributed by atoms with Crippen molar-refractivity contribution in [2.45, 2.75) is 19.8 Å². The smallest absolute Gasteiger partial charge is 0.308 e. The van der Waals surface area contributed by atoms with E-state index in [1.54, 1.807) is 24.3 Å². The second-order valence-electron chi connectivity index (χ2n) is 5.61. The monoisotopic (exact) mass is 397 g/mol. The molecular formula is C18H23NO7S. The van der Waals surface area contributed by atoms with Crippen molar-refractivity contribution in [3.8, 4) is 5.75 Å². The lowest BCUT2D eigenvalue weighted by Gasteiger charge is -2.14. The molecule has 0 aliphatic rings. The Labute approximate surface area is 161 Å². The molecule has 1 aromatic carbocycles. The highest BCUT2D eigenvalue weighted by atomic mass is 32.2. The van der Waals surface area contributed by atoms with Gasteiger partial charge < -0.3 is 19.9 Å². The molecule has 1 atom stereocenters. The summed E-state index contributed by atoms with van der Waals surface area (Å²) in [6.07, 6.45) is -0.189. The summed E-state index contributed by atoms with van der Waals surface area (Å²) in [5.74, 6) is -1.54. The van der Waals surface area contributed by atoms with Gasteiger partial charge in [0, 0.05) is 29.9 Å². The van der Waals surface area contributed by atoms with Crippen LogP contribution in [0.2, 0.25) is 0 Å². The van der Waals surface area contributed by atoms with Gasteiger partial charge in [0.05, 0.1) is 20.0 Å². The maximum Gasteiger partial charge on any atom is 0.308 e. The first-order valence-corrected chi connectivity index (χ1v) is 9.36. The van der Waals surface area contributed by atoms with Crippen LogP contribution in [0.4, 0.5) is 0 Å². The molecule has 1 amide bonds. The van der Waals surface area contributed by atoms with E-state index in [4.69, 9.17) is 14.6 Å². The number of benzene rings is 1. The van der Waals surface area contributed by atoms with Crippen LogP contribution in [0.15, 0.2) is 24.3 Å². The molecule has 0 aromatic heterocycles. The van der Waals surface area contributed by atoms with Gasteiger partial charge in [-0.1, -0.05) is 0 Å². The zero-order valence-corrected chi connectivity index (χ0v) is 16.0. The highest BCUT2D eigenvalue weighted by Gasteiger charge is 2.23. The standard InChI is InChI=1S/C18H23NO7S/c1-12(20)19-11-26-17(23)7-8-27-10-14(9-16(21)22)18(24)13-3-5-15(25-2)6-4-13/h3-6,14H,7-11H2,1-2H3,(H,19,20)(H,21,22)/t14-/m0/s1. The third kappa shape index (κ3) is 9.09. The Bertz CT molecular complexity index is 660. The van der Waals surface area contributed by atoms with Gasteiger partial charge in [0.2, 0.25) is 5.91 Å². The maximum absolute atomic E-state index is 12.6. The summed E-state index contributed by atoms with van der Waals surface area (Å²) in [7, 11) is 1.52. The normalized spacial score (nSPS) is 11.3. The summed E-state index contributed by atoms with van der Waals surface area (Å²) in [6.45, 7) is 1.13. The summed E-state index contributed by atoms with van der Waals surface area (Å²) in [4.78, 5) is 45.8. The summed E-state index contributed by atoms with van der Waals surface area (Å²) < 4.78 is 9.85. The van der Waals surface area contributed by atoms with Crippen LogP contribution < -0.4 is 10.1 Å². The number of esters is 1. The Morgan fingerprint density at radius 1 is 1.19 bits per heavy atom. The van der Waals surface area contributed by atoms with E-state index in [1.165, 1.54) is 25.8 Å². The van der Waals surface area contributed by atoms with Crippen LogP contribution in [0.3, 0.4) is 0 Å². The quantitative estimate of drug-likeness (QED) is 0.237. The number of carboxylic acids is 1. The lowest BCUT2D eigenvalue weighted by molar-refractivity contribution is -0.144. The number of carboxylic acid groups (broad SMARTS) is 1. The minimum absolute atomic E-state index is 0.0980. The molecule has 1 aromatic rings. The number of amides is 1. The summed E-state index contributed by atoms with van der Waals surface area (Å²) >= 11 is 1.31. The number of hydrogen-bond donors (Lipinski definition) is 2. The molecule has 0 radical (unpaired) electrons. The van der Waals surface area contributed by atoms with Crippen molar-refractivity contribution < 1.29 is 33.8 Å². The minimum atomic E-state index is -1.06. The molecule has 1 rings (SSSR count). The van der Waals surface area contributed by atoms with Crippen LogP contribution in [0.5, 0.6) is 5.75 Å². The minimum Gasteiger partial charge on any atom is -0.497 e. The van der Waals surface area contributed by atoms with Gasteiger partial charge in [0.1, 0.15) is 5.75 Å². The lowest BCUT2D eigenvalue weighted by atomic mass is 9.96. The number of ketones is 1. The van der Waals surface area contributed by atoms with E-state index < -0.39 is 17.9 Å². The Balaban J connectivity index is 2.49. The van der Waals surface area contributed by atoms with E-state index in [2.05, 4.69) is 5.32 Å². The van der Waals surface area contributed by atoms with Gasteiger partial charge in [-0.3, -0.25) is 19.2 Å². The third-order valence-electron chi connectivity index (χ3n) is 3.49. The van der Waals surface area contributed by atoms with E-state index in [9.17, 15) is 19.2 Å². The van der Waals surface area contributed by atoms with Gasteiger partial charge in [-0.15, -0.1) is 0 Å². The summed E-state index contributed by atoms with van der Waals surface area (Å²) in [6, 6.07) is 6.48. The van der Waals surface area contributed by atoms with E-state index in [0.717, 1.165) is 0 Å². The molecule has 148 valence electrons. The molecule has 0 spiro atoms. The number of nitrogens with one attached hydrogen (secondary N) is 1. The first-order valence-electron chi connectivity index (χ1n) is 8.21. The first kappa shape index (κ1) is 22.5. The highest BCUT2D eigenvalue weighted by molar-refractivity contribution is 7.99. The van der Waals surface area contributed by atoms with Crippen molar-refractivity contribution in [3.63, 3.8) is 0 Å². The predicted octanol–water partition coefficient (Wildman–Crippen LogP) is 1.73. The number of hydrogen-bond acceptors (Lipinski definition) is 7. The molecule has 0 unspecified atom stereocenters. The van der Waals surface area contributed by atoms with Crippen molar-refractivity contribution in [2.75, 3.05) is 25.3 Å². The van der Waals surface area contributed by atoms with Crippen molar-refractivity contribution in [2.24, 2.45) is 5.92 Å². The lowest BCUT2D eigenvalue weighted by Crippen LogP contribution is -2.25. The second kappa shape index (κ2) is 11.9. The number of methoxy groups -OCH3 is 1. The van der Waals surface area contributed by atoms with Gasteiger partial charge in [0.25, 0.3) is 0 Å². The zero-order valence-electron chi connectivity index (χ0n) is 15.2. The average Bonchev–Trinajstić information content (AvgIpc) is 2.63. The van der Waals surface area contributed by atoms with Crippen molar-refractivity contribution in [3.05, 3.63) is 29.8 Å². The van der Waals surface area contributed by atoms with Crippen molar-refractivity contribution >= 4 is 35.4 Å². The molecule has 0 fully saturated rings. The van der Waals surface area contributed by atoms with E-state index in [1.807, 2.05) is 0 Å². The topological polar surface area (TPSA) is 119 Å². The van der Waals surface area contributed by atoms with E-state index in [0.29, 0.717) is 17.1 Å². The van der Waals surface area contributed by atoms with Gasteiger partial charge in [-0.25, -0.2) is 0 Å². The van der Waals surface area contributed by atoms with E-state index >= 15 is 0 Å². The molecule has 0 aliphatic heterocycles. The van der Waals surface area contributed by atoms with Crippen molar-refractivity contribution in [1.29, 1.82) is 0 Å². The molecule has 8 nitrogen and oxygen atoms in total. The Morgan fingerprint density at radius 2 is 1.85 bits per heavy atom. The number of aliphatic carboxylic acids is 1. The SMILES string of the molecule is COc1ccc(C(=O)[C@H](CSCCC(=O)OCNC(C)=O)CC(=O)O)cc1. The van der Waals surface area contributed by atoms with Gasteiger partial charge in [-0.2, -0.15) is 11.8 Å². The van der Waals surface area contributed by atoms with Crippen LogP contribution in [-0.2, 0) is 19.1 Å². The Kier molecular flexibility index (Phi) is 9.95. The third-order valence-corrected chi connectivity index (χ3v) is 4.62. The fourth-order valence-corrected chi connectivity index (χ4v) is 3.13. The second-order valence-corrected chi connectivity index (χ2v) is 6.76. The molecule has 0 saturated heterocycles. The highest BCUT2D eigenvalue weighted by Crippen LogP contribution is 2.21.